The molecule has 50 heavy (non-hydrogen) atoms. The van der Waals surface area contributed by atoms with E-state index >= 15 is 0 Å². The number of alkyl carbamates (subject to hydrolysis) is 1. The molecule has 2 unspecified atom stereocenters. The molecule has 2 atom stereocenters. The van der Waals surface area contributed by atoms with Crippen molar-refractivity contribution in [3.8, 4) is 5.69 Å². The highest BCUT2D eigenvalue weighted by molar-refractivity contribution is 5.81. The Kier molecular flexibility index (Phi) is 10.4. The van der Waals surface area contributed by atoms with Crippen LogP contribution >= 0.6 is 0 Å². The van der Waals surface area contributed by atoms with Crippen LogP contribution in [0.3, 0.4) is 0 Å². The zero-order valence-electron chi connectivity index (χ0n) is 29.7. The highest BCUT2D eigenvalue weighted by atomic mass is 16.6. The molecule has 1 saturated heterocycles. The number of nitrogens with one attached hydrogen (secondary N) is 2. The van der Waals surface area contributed by atoms with Crippen LogP contribution in [0, 0.1) is 6.92 Å². The number of likely N-dealkylation sites (tertiary alicyclic amines) is 1. The maximum atomic E-state index is 14.0. The molecule has 0 bridgehead atoms. The van der Waals surface area contributed by atoms with Gasteiger partial charge in [0.25, 0.3) is 0 Å². The second-order valence-electron chi connectivity index (χ2n) is 14.3. The number of ether oxygens (including phenoxy) is 2. The topological polar surface area (TPSA) is 123 Å². The van der Waals surface area contributed by atoms with E-state index in [0.717, 1.165) is 70.5 Å². The van der Waals surface area contributed by atoms with Gasteiger partial charge in [0.05, 0.1) is 27.8 Å². The predicted molar refractivity (Wildman–Crippen MR) is 195 cm³/mol. The largest absolute Gasteiger partial charge is 0.444 e. The Balaban J connectivity index is 1.20. The summed E-state index contributed by atoms with van der Waals surface area (Å²) in [6.07, 6.45) is 2.67. The lowest BCUT2D eigenvalue weighted by molar-refractivity contribution is -0.133. The highest BCUT2D eigenvalue weighted by Crippen LogP contribution is 2.30. The number of aryl methyl sites for hydroxylation is 2. The van der Waals surface area contributed by atoms with Gasteiger partial charge in [0.15, 0.2) is 0 Å². The van der Waals surface area contributed by atoms with Crippen LogP contribution in [-0.2, 0) is 27.2 Å². The summed E-state index contributed by atoms with van der Waals surface area (Å²) in [5, 5.41) is 2.98. The first-order valence-electron chi connectivity index (χ1n) is 17.5. The first kappa shape index (κ1) is 34.9. The lowest BCUT2D eigenvalue weighted by Crippen LogP contribution is -2.46. The number of amides is 2. The smallest absolute Gasteiger partial charge is 0.407 e. The van der Waals surface area contributed by atoms with Gasteiger partial charge >= 0.3 is 11.8 Å². The quantitative estimate of drug-likeness (QED) is 0.159. The monoisotopic (exact) mass is 680 g/mol. The average Bonchev–Trinajstić information content (AvgIpc) is 3.62. The molecule has 3 heterocycles. The predicted octanol–water partition coefficient (Wildman–Crippen LogP) is 6.25. The Morgan fingerprint density at radius 3 is 2.60 bits per heavy atom. The van der Waals surface area contributed by atoms with Crippen molar-refractivity contribution in [1.82, 2.24) is 29.3 Å². The molecular formula is C39H48N6O5. The minimum absolute atomic E-state index is 0.0183. The maximum absolute atomic E-state index is 14.0. The van der Waals surface area contributed by atoms with E-state index in [4.69, 9.17) is 14.5 Å². The molecule has 0 radical (unpaired) electrons. The van der Waals surface area contributed by atoms with Gasteiger partial charge in [0.1, 0.15) is 11.4 Å². The van der Waals surface area contributed by atoms with Gasteiger partial charge in [-0.1, -0.05) is 36.4 Å². The number of aromatic nitrogens is 4. The van der Waals surface area contributed by atoms with E-state index < -0.39 is 17.7 Å². The lowest BCUT2D eigenvalue weighted by Gasteiger charge is -2.34. The summed E-state index contributed by atoms with van der Waals surface area (Å²) in [5.74, 6) is 1.09. The number of rotatable bonds is 11. The van der Waals surface area contributed by atoms with Crippen molar-refractivity contribution in [3.05, 3.63) is 94.2 Å². The third-order valence-corrected chi connectivity index (χ3v) is 9.28. The Morgan fingerprint density at radius 2 is 1.84 bits per heavy atom. The number of piperidine rings is 1. The fourth-order valence-corrected chi connectivity index (χ4v) is 7.05. The van der Waals surface area contributed by atoms with Crippen molar-refractivity contribution in [2.24, 2.45) is 0 Å². The van der Waals surface area contributed by atoms with Gasteiger partial charge in [-0.25, -0.2) is 14.6 Å². The van der Waals surface area contributed by atoms with Crippen molar-refractivity contribution >= 4 is 34.1 Å². The Labute approximate surface area is 292 Å². The fraction of sp³-hybridized carbons (Fsp3) is 0.436. The second kappa shape index (κ2) is 14.9. The SMILES string of the molecule is COCCCn1c(C2CCCN(C(=O)CC(Cc3ccc(-n4c(=O)[nH]c5cccc(C)c54)cc3)NC(=O)OC(C)(C)C)C2)nc2ccccc21. The highest BCUT2D eigenvalue weighted by Gasteiger charge is 2.31. The summed E-state index contributed by atoms with van der Waals surface area (Å²) < 4.78 is 14.9. The molecule has 0 spiro atoms. The number of carbonyl (C=O) groups excluding carboxylic acids is 2. The standard InChI is InChI=1S/C39H48N6O5/c1-26-11-8-14-32-35(26)45(37(47)42-32)30-18-16-27(17-19-30)23-29(40-38(48)50-39(2,3)4)24-34(46)43-20-9-12-28(25-43)36-41-31-13-6-7-15-33(31)44(36)21-10-22-49-5/h6-8,11,13-19,28-29H,9-10,12,20-25H2,1-5H3,(H,40,48)(H,42,47). The van der Waals surface area contributed by atoms with Crippen LogP contribution in [0.15, 0.2) is 71.5 Å². The van der Waals surface area contributed by atoms with Crippen molar-refractivity contribution in [1.29, 1.82) is 0 Å². The number of aromatic amines is 1. The number of nitrogens with zero attached hydrogens (tertiary/aromatic N) is 4. The number of para-hydroxylation sites is 3. The summed E-state index contributed by atoms with van der Waals surface area (Å²) in [6, 6.07) is 21.2. The summed E-state index contributed by atoms with van der Waals surface area (Å²) >= 11 is 0. The van der Waals surface area contributed by atoms with Crippen LogP contribution in [0.4, 0.5) is 4.79 Å². The Bertz CT molecular complexity index is 2020. The summed E-state index contributed by atoms with van der Waals surface area (Å²) in [7, 11) is 1.71. The molecule has 6 rings (SSSR count). The van der Waals surface area contributed by atoms with Crippen molar-refractivity contribution in [2.75, 3.05) is 26.8 Å². The molecule has 2 aromatic heterocycles. The molecule has 11 nitrogen and oxygen atoms in total. The third kappa shape index (κ3) is 7.94. The molecule has 3 aromatic carbocycles. The van der Waals surface area contributed by atoms with E-state index in [0.29, 0.717) is 26.1 Å². The third-order valence-electron chi connectivity index (χ3n) is 9.28. The van der Waals surface area contributed by atoms with Crippen LogP contribution in [0.1, 0.15) is 69.3 Å². The average molecular weight is 681 g/mol. The van der Waals surface area contributed by atoms with Crippen molar-refractivity contribution in [2.45, 2.75) is 83.9 Å². The maximum Gasteiger partial charge on any atom is 0.407 e. The van der Waals surface area contributed by atoms with Gasteiger partial charge in [-0.2, -0.15) is 0 Å². The van der Waals surface area contributed by atoms with E-state index in [-0.39, 0.29) is 23.9 Å². The van der Waals surface area contributed by atoms with Gasteiger partial charge in [0, 0.05) is 51.7 Å². The minimum Gasteiger partial charge on any atom is -0.444 e. The first-order chi connectivity index (χ1) is 24.0. The van der Waals surface area contributed by atoms with Gasteiger partial charge in [0.2, 0.25) is 5.91 Å². The molecule has 2 N–H and O–H groups in total. The van der Waals surface area contributed by atoms with Crippen LogP contribution in [0.5, 0.6) is 0 Å². The zero-order valence-corrected chi connectivity index (χ0v) is 29.7. The Morgan fingerprint density at radius 1 is 1.06 bits per heavy atom. The van der Waals surface area contributed by atoms with Crippen LogP contribution in [0.2, 0.25) is 0 Å². The molecule has 2 amide bonds. The number of methoxy groups -OCH3 is 1. The van der Waals surface area contributed by atoms with Gasteiger partial charge in [-0.3, -0.25) is 9.36 Å². The van der Waals surface area contributed by atoms with Gasteiger partial charge in [-0.15, -0.1) is 0 Å². The zero-order chi connectivity index (χ0) is 35.4. The lowest BCUT2D eigenvalue weighted by atomic mass is 9.95. The van der Waals surface area contributed by atoms with Gasteiger partial charge < -0.3 is 29.2 Å². The molecule has 264 valence electrons. The van der Waals surface area contributed by atoms with Crippen molar-refractivity contribution < 1.29 is 19.1 Å². The van der Waals surface area contributed by atoms with E-state index in [1.54, 1.807) is 11.7 Å². The number of benzene rings is 3. The number of hydrogen-bond donors (Lipinski definition) is 2. The minimum atomic E-state index is -0.681. The molecule has 1 aliphatic rings. The number of carbonyl (C=O) groups is 2. The van der Waals surface area contributed by atoms with E-state index in [1.165, 1.54) is 0 Å². The van der Waals surface area contributed by atoms with Crippen molar-refractivity contribution in [3.63, 3.8) is 0 Å². The molecule has 1 aliphatic heterocycles. The number of H-pyrrole nitrogens is 1. The molecule has 0 saturated carbocycles. The molecule has 1 fully saturated rings. The van der Waals surface area contributed by atoms with Crippen LogP contribution in [0.25, 0.3) is 27.8 Å². The van der Waals surface area contributed by atoms with Crippen LogP contribution < -0.4 is 11.0 Å². The normalized spacial score (nSPS) is 15.8. The second-order valence-corrected chi connectivity index (χ2v) is 14.3. The van der Waals surface area contributed by atoms with Crippen LogP contribution in [-0.4, -0.2) is 74.5 Å². The molecule has 5 aromatic rings. The van der Waals surface area contributed by atoms with E-state index in [9.17, 15) is 14.4 Å². The fourth-order valence-electron chi connectivity index (χ4n) is 7.05. The molecular weight excluding hydrogens is 632 g/mol. The molecule has 11 heteroatoms. The first-order valence-corrected chi connectivity index (χ1v) is 17.5. The summed E-state index contributed by atoms with van der Waals surface area (Å²) in [6.45, 7) is 10.1. The summed E-state index contributed by atoms with van der Waals surface area (Å²) in [4.78, 5) is 49.7. The van der Waals surface area contributed by atoms with E-state index in [1.807, 2.05) is 93.3 Å². The Hall–Kier alpha value is -4.90. The number of imidazole rings is 2. The number of hydrogen-bond acceptors (Lipinski definition) is 6. The van der Waals surface area contributed by atoms with Gasteiger partial charge in [-0.05, 0) is 94.8 Å². The number of fused-ring (bicyclic) bond motifs is 2. The van der Waals surface area contributed by atoms with E-state index in [2.05, 4.69) is 20.9 Å². The molecule has 0 aliphatic carbocycles. The summed E-state index contributed by atoms with van der Waals surface area (Å²) in [5.41, 5.74) is 5.44.